The summed E-state index contributed by atoms with van der Waals surface area (Å²) in [7, 11) is 0. The molecule has 0 radical (unpaired) electrons. The Morgan fingerprint density at radius 2 is 1.90 bits per heavy atom. The molecule has 1 heterocycles. The Hall–Kier alpha value is -2.06. The predicted molar refractivity (Wildman–Crippen MR) is 78.8 cm³/mol. The average molecular weight is 306 g/mol. The van der Waals surface area contributed by atoms with Gasteiger partial charge in [-0.05, 0) is 37.1 Å². The van der Waals surface area contributed by atoms with Crippen molar-refractivity contribution >= 4 is 23.4 Å². The summed E-state index contributed by atoms with van der Waals surface area (Å²) in [6, 6.07) is 8.65. The van der Waals surface area contributed by atoms with E-state index < -0.39 is 0 Å². The fraction of sp³-hybridized carbons (Fsp3) is 0.400. The standard InChI is InChI=1S/C15H16ClN3O2/c16-12-3-1-11(2-4-12)15(21)18-13-6-9-19(10-7-13)14(20)5-8-17/h1-4,13H,5-7,9-10H2,(H,18,21). The molecule has 0 aromatic heterocycles. The van der Waals surface area contributed by atoms with Crippen molar-refractivity contribution in [2.45, 2.75) is 25.3 Å². The highest BCUT2D eigenvalue weighted by Gasteiger charge is 2.23. The SMILES string of the molecule is N#CCC(=O)N1CCC(NC(=O)c2ccc(Cl)cc2)CC1. The van der Waals surface area contributed by atoms with Crippen molar-refractivity contribution in [3.8, 4) is 6.07 Å². The summed E-state index contributed by atoms with van der Waals surface area (Å²) in [6.07, 6.45) is 1.33. The second kappa shape index (κ2) is 7.09. The van der Waals surface area contributed by atoms with Crippen LogP contribution in [0.4, 0.5) is 0 Å². The second-order valence-corrected chi connectivity index (χ2v) is 5.41. The maximum absolute atomic E-state index is 12.1. The minimum absolute atomic E-state index is 0.0549. The molecular formula is C15H16ClN3O2. The Morgan fingerprint density at radius 1 is 1.29 bits per heavy atom. The van der Waals surface area contributed by atoms with Crippen LogP contribution < -0.4 is 5.32 Å². The first-order chi connectivity index (χ1) is 10.1. The van der Waals surface area contributed by atoms with Crippen molar-refractivity contribution in [2.24, 2.45) is 0 Å². The number of nitrogens with one attached hydrogen (secondary N) is 1. The van der Waals surface area contributed by atoms with Gasteiger partial charge in [-0.25, -0.2) is 0 Å². The molecule has 1 aliphatic rings. The predicted octanol–water partition coefficient (Wildman–Crippen LogP) is 1.97. The number of rotatable bonds is 3. The van der Waals surface area contributed by atoms with Gasteiger partial charge < -0.3 is 10.2 Å². The van der Waals surface area contributed by atoms with E-state index in [9.17, 15) is 9.59 Å². The summed E-state index contributed by atoms with van der Waals surface area (Å²) in [5, 5.41) is 12.1. The molecular weight excluding hydrogens is 290 g/mol. The van der Waals surface area contributed by atoms with E-state index in [4.69, 9.17) is 16.9 Å². The quantitative estimate of drug-likeness (QED) is 0.928. The van der Waals surface area contributed by atoms with Crippen LogP contribution in [0.15, 0.2) is 24.3 Å². The molecule has 0 saturated carbocycles. The molecule has 0 bridgehead atoms. The van der Waals surface area contributed by atoms with Gasteiger partial charge in [0.1, 0.15) is 6.42 Å². The van der Waals surface area contributed by atoms with Gasteiger partial charge in [-0.15, -0.1) is 0 Å². The molecule has 0 spiro atoms. The van der Waals surface area contributed by atoms with Gasteiger partial charge in [0.2, 0.25) is 5.91 Å². The minimum Gasteiger partial charge on any atom is -0.349 e. The number of nitriles is 1. The van der Waals surface area contributed by atoms with Gasteiger partial charge >= 0.3 is 0 Å². The van der Waals surface area contributed by atoms with Crippen LogP contribution in [0, 0.1) is 11.3 Å². The number of carbonyl (C=O) groups is 2. The summed E-state index contributed by atoms with van der Waals surface area (Å²) in [6.45, 7) is 1.15. The van der Waals surface area contributed by atoms with E-state index in [0.29, 0.717) is 36.5 Å². The van der Waals surface area contributed by atoms with E-state index in [0.717, 1.165) is 0 Å². The number of benzene rings is 1. The smallest absolute Gasteiger partial charge is 0.251 e. The zero-order valence-electron chi connectivity index (χ0n) is 11.5. The van der Waals surface area contributed by atoms with Crippen LogP contribution >= 0.6 is 11.6 Å². The highest BCUT2D eigenvalue weighted by atomic mass is 35.5. The first-order valence-corrected chi connectivity index (χ1v) is 7.19. The molecule has 1 aromatic rings. The van der Waals surface area contributed by atoms with Crippen molar-refractivity contribution in [2.75, 3.05) is 13.1 Å². The zero-order chi connectivity index (χ0) is 15.2. The van der Waals surface area contributed by atoms with Gasteiger partial charge in [-0.3, -0.25) is 9.59 Å². The van der Waals surface area contributed by atoms with Crippen LogP contribution in [0.3, 0.4) is 0 Å². The normalized spacial score (nSPS) is 15.3. The maximum Gasteiger partial charge on any atom is 0.251 e. The molecule has 6 heteroatoms. The number of likely N-dealkylation sites (tertiary alicyclic amines) is 1. The number of amides is 2. The van der Waals surface area contributed by atoms with Crippen LogP contribution in [0.1, 0.15) is 29.6 Å². The Bertz CT molecular complexity index is 557. The third kappa shape index (κ3) is 4.20. The lowest BCUT2D eigenvalue weighted by atomic mass is 10.0. The first-order valence-electron chi connectivity index (χ1n) is 6.81. The molecule has 1 N–H and O–H groups in total. The number of halogens is 1. The summed E-state index contributed by atoms with van der Waals surface area (Å²) >= 11 is 5.79. The van der Waals surface area contributed by atoms with Gasteiger partial charge in [0.25, 0.3) is 5.91 Å². The molecule has 2 amide bonds. The minimum atomic E-state index is -0.139. The van der Waals surface area contributed by atoms with E-state index >= 15 is 0 Å². The lowest BCUT2D eigenvalue weighted by Crippen LogP contribution is -2.46. The summed E-state index contributed by atoms with van der Waals surface area (Å²) in [5.41, 5.74) is 0.572. The van der Waals surface area contributed by atoms with Gasteiger partial charge in [0, 0.05) is 29.7 Å². The Balaban J connectivity index is 1.83. The highest BCUT2D eigenvalue weighted by molar-refractivity contribution is 6.30. The topological polar surface area (TPSA) is 73.2 Å². The second-order valence-electron chi connectivity index (χ2n) is 4.97. The van der Waals surface area contributed by atoms with Crippen molar-refractivity contribution < 1.29 is 9.59 Å². The molecule has 1 aliphatic heterocycles. The van der Waals surface area contributed by atoms with Gasteiger partial charge in [0.05, 0.1) is 6.07 Å². The summed E-state index contributed by atoms with van der Waals surface area (Å²) in [5.74, 6) is -0.270. The fourth-order valence-electron chi connectivity index (χ4n) is 2.32. The molecule has 0 atom stereocenters. The maximum atomic E-state index is 12.1. The average Bonchev–Trinajstić information content (AvgIpc) is 2.49. The molecule has 1 aromatic carbocycles. The van der Waals surface area contributed by atoms with Crippen LogP contribution in [0.2, 0.25) is 5.02 Å². The molecule has 0 unspecified atom stereocenters. The number of piperidine rings is 1. The molecule has 1 fully saturated rings. The van der Waals surface area contributed by atoms with E-state index in [-0.39, 0.29) is 24.3 Å². The molecule has 21 heavy (non-hydrogen) atoms. The molecule has 110 valence electrons. The Kier molecular flexibility index (Phi) is 5.18. The van der Waals surface area contributed by atoms with E-state index in [1.165, 1.54) is 0 Å². The lowest BCUT2D eigenvalue weighted by Gasteiger charge is -2.32. The largest absolute Gasteiger partial charge is 0.349 e. The number of nitrogens with zero attached hydrogens (tertiary/aromatic N) is 2. The molecule has 2 rings (SSSR count). The number of hydrogen-bond donors (Lipinski definition) is 1. The zero-order valence-corrected chi connectivity index (χ0v) is 12.3. The highest BCUT2D eigenvalue weighted by Crippen LogP contribution is 2.13. The third-order valence-electron chi connectivity index (χ3n) is 3.52. The lowest BCUT2D eigenvalue weighted by molar-refractivity contribution is -0.131. The third-order valence-corrected chi connectivity index (χ3v) is 3.77. The van der Waals surface area contributed by atoms with Crippen LogP contribution in [-0.2, 0) is 4.79 Å². The monoisotopic (exact) mass is 305 g/mol. The molecule has 5 nitrogen and oxygen atoms in total. The van der Waals surface area contributed by atoms with Gasteiger partial charge in [-0.2, -0.15) is 5.26 Å². The first kappa shape index (κ1) is 15.3. The Morgan fingerprint density at radius 3 is 2.48 bits per heavy atom. The van der Waals surface area contributed by atoms with Gasteiger partial charge in [0.15, 0.2) is 0 Å². The Labute approximate surface area is 128 Å². The molecule has 0 aliphatic carbocycles. The fourth-order valence-corrected chi connectivity index (χ4v) is 2.45. The van der Waals surface area contributed by atoms with Crippen molar-refractivity contribution in [1.29, 1.82) is 5.26 Å². The van der Waals surface area contributed by atoms with Crippen molar-refractivity contribution in [3.05, 3.63) is 34.9 Å². The van der Waals surface area contributed by atoms with Gasteiger partial charge in [-0.1, -0.05) is 11.6 Å². The summed E-state index contributed by atoms with van der Waals surface area (Å²) in [4.78, 5) is 25.3. The summed E-state index contributed by atoms with van der Waals surface area (Å²) < 4.78 is 0. The van der Waals surface area contributed by atoms with Crippen LogP contribution in [-0.4, -0.2) is 35.8 Å². The van der Waals surface area contributed by atoms with Crippen LogP contribution in [0.25, 0.3) is 0 Å². The van der Waals surface area contributed by atoms with E-state index in [2.05, 4.69) is 5.32 Å². The van der Waals surface area contributed by atoms with E-state index in [1.54, 1.807) is 29.2 Å². The van der Waals surface area contributed by atoms with Crippen molar-refractivity contribution in [3.63, 3.8) is 0 Å². The number of carbonyl (C=O) groups excluding carboxylic acids is 2. The molecule has 1 saturated heterocycles. The van der Waals surface area contributed by atoms with Crippen LogP contribution in [0.5, 0.6) is 0 Å². The number of hydrogen-bond acceptors (Lipinski definition) is 3. The van der Waals surface area contributed by atoms with E-state index in [1.807, 2.05) is 6.07 Å². The van der Waals surface area contributed by atoms with Crippen molar-refractivity contribution in [1.82, 2.24) is 10.2 Å².